The van der Waals surface area contributed by atoms with Crippen molar-refractivity contribution in [2.75, 3.05) is 16.0 Å². The summed E-state index contributed by atoms with van der Waals surface area (Å²) < 4.78 is 0. The molecule has 0 spiro atoms. The summed E-state index contributed by atoms with van der Waals surface area (Å²) in [6, 6.07) is 24.7. The number of urea groups is 1. The molecule has 1 aliphatic rings. The van der Waals surface area contributed by atoms with Crippen molar-refractivity contribution in [3.05, 3.63) is 102 Å². The van der Waals surface area contributed by atoms with Crippen molar-refractivity contribution in [1.29, 1.82) is 0 Å². The second-order valence-electron chi connectivity index (χ2n) is 7.92. The maximum Gasteiger partial charge on any atom is 0.323 e. The predicted octanol–water partition coefficient (Wildman–Crippen LogP) is 6.13. The quantitative estimate of drug-likeness (QED) is 0.291. The van der Waals surface area contributed by atoms with Crippen LogP contribution in [0.2, 0.25) is 0 Å². The number of nitrogens with one attached hydrogen (secondary N) is 4. The van der Waals surface area contributed by atoms with Crippen LogP contribution in [0.5, 0.6) is 0 Å². The topological polar surface area (TPSA) is 86.0 Å². The van der Waals surface area contributed by atoms with E-state index in [4.69, 9.17) is 0 Å². The number of amides is 3. The van der Waals surface area contributed by atoms with Gasteiger partial charge >= 0.3 is 6.03 Å². The first-order chi connectivity index (χ1) is 16.0. The van der Waals surface area contributed by atoms with Gasteiger partial charge in [-0.1, -0.05) is 36.4 Å². The van der Waals surface area contributed by atoms with Gasteiger partial charge in [-0.3, -0.25) is 4.79 Å². The zero-order chi connectivity index (χ0) is 22.8. The lowest BCUT2D eigenvalue weighted by molar-refractivity contribution is -0.110. The van der Waals surface area contributed by atoms with Crippen LogP contribution in [0.3, 0.4) is 0 Å². The molecule has 3 aromatic carbocycles. The molecule has 0 saturated carbocycles. The molecule has 0 aliphatic carbocycles. The normalized spacial score (nSPS) is 13.5. The zero-order valence-electron chi connectivity index (χ0n) is 18.0. The molecule has 0 saturated heterocycles. The van der Waals surface area contributed by atoms with Crippen LogP contribution in [0.25, 0.3) is 22.8 Å². The van der Waals surface area contributed by atoms with Crippen LogP contribution < -0.4 is 16.0 Å². The molecule has 0 atom stereocenters. The molecule has 6 nitrogen and oxygen atoms in total. The highest BCUT2D eigenvalue weighted by Crippen LogP contribution is 2.36. The Kier molecular flexibility index (Phi) is 5.24. The van der Waals surface area contributed by atoms with Gasteiger partial charge in [0, 0.05) is 34.5 Å². The Morgan fingerprint density at radius 3 is 2.39 bits per heavy atom. The number of aromatic nitrogens is 1. The molecule has 1 aromatic heterocycles. The van der Waals surface area contributed by atoms with Crippen molar-refractivity contribution < 1.29 is 9.59 Å². The lowest BCUT2D eigenvalue weighted by atomic mass is 10.00. The summed E-state index contributed by atoms with van der Waals surface area (Å²) in [6.07, 6.45) is 3.68. The molecule has 6 heteroatoms. The van der Waals surface area contributed by atoms with Gasteiger partial charge < -0.3 is 20.9 Å². The highest BCUT2D eigenvalue weighted by atomic mass is 16.2. The summed E-state index contributed by atoms with van der Waals surface area (Å²) in [5.74, 6) is -0.115. The van der Waals surface area contributed by atoms with E-state index in [0.717, 1.165) is 39.3 Å². The fraction of sp³-hybridized carbons (Fsp3) is 0.0370. The van der Waals surface area contributed by atoms with E-state index in [1.54, 1.807) is 0 Å². The Morgan fingerprint density at radius 1 is 0.848 bits per heavy atom. The van der Waals surface area contributed by atoms with Gasteiger partial charge in [-0.05, 0) is 72.2 Å². The van der Waals surface area contributed by atoms with Crippen molar-refractivity contribution >= 4 is 40.6 Å². The minimum Gasteiger partial charge on any atom is -0.362 e. The Balaban J connectivity index is 1.30. The van der Waals surface area contributed by atoms with Gasteiger partial charge in [0.1, 0.15) is 0 Å². The lowest BCUT2D eigenvalue weighted by Gasteiger charge is -2.10. The van der Waals surface area contributed by atoms with Crippen molar-refractivity contribution in [1.82, 2.24) is 4.98 Å². The molecule has 0 fully saturated rings. The summed E-state index contributed by atoms with van der Waals surface area (Å²) in [5.41, 5.74) is 7.66. The van der Waals surface area contributed by atoms with Crippen LogP contribution in [0.15, 0.2) is 85.1 Å². The molecule has 5 rings (SSSR count). The average molecular weight is 434 g/mol. The van der Waals surface area contributed by atoms with Crippen molar-refractivity contribution in [2.24, 2.45) is 0 Å². The number of fused-ring (bicyclic) bond motifs is 1. The van der Waals surface area contributed by atoms with Crippen LogP contribution in [0.1, 0.15) is 16.8 Å². The monoisotopic (exact) mass is 434 g/mol. The number of anilines is 3. The predicted molar refractivity (Wildman–Crippen MR) is 133 cm³/mol. The van der Waals surface area contributed by atoms with Crippen LogP contribution in [-0.4, -0.2) is 16.9 Å². The number of benzene rings is 3. The number of hydrogen-bond acceptors (Lipinski definition) is 2. The third-order valence-corrected chi connectivity index (χ3v) is 5.48. The first-order valence-electron chi connectivity index (χ1n) is 10.6. The third-order valence-electron chi connectivity index (χ3n) is 5.48. The second kappa shape index (κ2) is 8.51. The molecule has 4 aromatic rings. The van der Waals surface area contributed by atoms with Crippen molar-refractivity contribution in [3.8, 4) is 11.1 Å². The van der Waals surface area contributed by atoms with Crippen LogP contribution in [0.4, 0.5) is 21.9 Å². The van der Waals surface area contributed by atoms with E-state index in [0.29, 0.717) is 11.3 Å². The SMILES string of the molecule is Cc1cccc(NC(=O)Nc2ccc(-c3ccc4c(c3)NC(=O)/C4=C\c3ccc[nH]3)cc2)c1. The van der Waals surface area contributed by atoms with E-state index in [2.05, 4.69) is 20.9 Å². The molecule has 3 amide bonds. The summed E-state index contributed by atoms with van der Waals surface area (Å²) in [6.45, 7) is 1.98. The highest BCUT2D eigenvalue weighted by molar-refractivity contribution is 6.35. The molecule has 4 N–H and O–H groups in total. The minimum atomic E-state index is -0.296. The lowest BCUT2D eigenvalue weighted by Crippen LogP contribution is -2.19. The maximum atomic E-state index is 12.5. The van der Waals surface area contributed by atoms with Crippen LogP contribution in [0, 0.1) is 6.92 Å². The number of H-pyrrole nitrogens is 1. The molecule has 0 radical (unpaired) electrons. The zero-order valence-corrected chi connectivity index (χ0v) is 18.0. The fourth-order valence-electron chi connectivity index (χ4n) is 3.87. The summed E-state index contributed by atoms with van der Waals surface area (Å²) in [4.78, 5) is 27.8. The third kappa shape index (κ3) is 4.41. The molecule has 33 heavy (non-hydrogen) atoms. The van der Waals surface area contributed by atoms with Gasteiger partial charge in [0.25, 0.3) is 5.91 Å². The summed E-state index contributed by atoms with van der Waals surface area (Å²) in [5, 5.41) is 8.63. The standard InChI is InChI=1S/C27H22N4O2/c1-17-4-2-5-22(14-17)30-27(33)29-20-10-7-18(8-11-20)19-9-12-23-24(16-21-6-3-13-28-21)26(32)31-25(23)15-19/h2-16,28H,1H3,(H,31,32)(H2,29,30,33)/b24-16-. The van der Waals surface area contributed by atoms with E-state index < -0.39 is 0 Å². The minimum absolute atomic E-state index is 0.115. The number of hydrogen-bond donors (Lipinski definition) is 4. The summed E-state index contributed by atoms with van der Waals surface area (Å²) >= 11 is 0. The number of carbonyl (C=O) groups is 2. The van der Waals surface area contributed by atoms with Crippen LogP contribution in [-0.2, 0) is 4.79 Å². The van der Waals surface area contributed by atoms with Crippen LogP contribution >= 0.6 is 0 Å². The average Bonchev–Trinajstić information content (AvgIpc) is 3.42. The Labute approximate surface area is 191 Å². The van der Waals surface area contributed by atoms with E-state index >= 15 is 0 Å². The number of aryl methyl sites for hydroxylation is 1. The molecule has 1 aliphatic heterocycles. The summed E-state index contributed by atoms with van der Waals surface area (Å²) in [7, 11) is 0. The fourth-order valence-corrected chi connectivity index (χ4v) is 3.87. The number of rotatable bonds is 4. The number of aromatic amines is 1. The van der Waals surface area contributed by atoms with Crippen molar-refractivity contribution in [3.63, 3.8) is 0 Å². The smallest absolute Gasteiger partial charge is 0.323 e. The molecule has 0 unspecified atom stereocenters. The molecular formula is C27H22N4O2. The van der Waals surface area contributed by atoms with Gasteiger partial charge in [0.15, 0.2) is 0 Å². The number of carbonyl (C=O) groups excluding carboxylic acids is 2. The molecule has 0 bridgehead atoms. The largest absolute Gasteiger partial charge is 0.362 e. The first-order valence-corrected chi connectivity index (χ1v) is 10.6. The second-order valence-corrected chi connectivity index (χ2v) is 7.92. The first kappa shape index (κ1) is 20.3. The maximum absolute atomic E-state index is 12.5. The van der Waals surface area contributed by atoms with Gasteiger partial charge in [0.05, 0.1) is 5.57 Å². The van der Waals surface area contributed by atoms with Gasteiger partial charge in [0.2, 0.25) is 0 Å². The van der Waals surface area contributed by atoms with Crippen molar-refractivity contribution in [2.45, 2.75) is 6.92 Å². The van der Waals surface area contributed by atoms with Gasteiger partial charge in [-0.15, -0.1) is 0 Å². The Morgan fingerprint density at radius 2 is 1.64 bits per heavy atom. The van der Waals surface area contributed by atoms with E-state index in [9.17, 15) is 9.59 Å². The Hall–Kier alpha value is -4.58. The highest BCUT2D eigenvalue weighted by Gasteiger charge is 2.24. The van der Waals surface area contributed by atoms with Gasteiger partial charge in [-0.25, -0.2) is 4.79 Å². The molecular weight excluding hydrogens is 412 g/mol. The molecule has 162 valence electrons. The van der Waals surface area contributed by atoms with E-state index in [-0.39, 0.29) is 11.9 Å². The van der Waals surface area contributed by atoms with Gasteiger partial charge in [-0.2, -0.15) is 0 Å². The van der Waals surface area contributed by atoms with E-state index in [1.807, 2.05) is 98.1 Å². The molecule has 2 heterocycles. The van der Waals surface area contributed by atoms with E-state index in [1.165, 1.54) is 0 Å². The Bertz CT molecular complexity index is 1370.